The molecule has 1 fully saturated rings. The molecular weight excluding hydrogens is 444 g/mol. The number of carbonyl (C=O) groups excluding carboxylic acids is 2. The van der Waals surface area contributed by atoms with Gasteiger partial charge in [0.1, 0.15) is 5.75 Å². The molecule has 0 bridgehead atoms. The SMILES string of the molecule is CCOc1ccc(Cc2cc([C@@H]3O[C@H](S(O)(O)CC)[C@@H](O)C(=O)C3=O)ccc2Cl)cc1. The molecule has 7 nitrogen and oxygen atoms in total. The quantitative estimate of drug-likeness (QED) is 0.526. The molecule has 168 valence electrons. The Morgan fingerprint density at radius 2 is 1.74 bits per heavy atom. The highest BCUT2D eigenvalue weighted by atomic mass is 35.5. The van der Waals surface area contributed by atoms with Gasteiger partial charge in [-0.2, -0.15) is 10.6 Å². The molecule has 31 heavy (non-hydrogen) atoms. The summed E-state index contributed by atoms with van der Waals surface area (Å²) in [5.74, 6) is -1.40. The highest BCUT2D eigenvalue weighted by Crippen LogP contribution is 2.49. The molecule has 0 spiro atoms. The molecule has 1 aliphatic rings. The van der Waals surface area contributed by atoms with E-state index in [0.717, 1.165) is 11.3 Å². The number of hydrogen-bond acceptors (Lipinski definition) is 7. The van der Waals surface area contributed by atoms with Crippen LogP contribution in [0.25, 0.3) is 0 Å². The Balaban J connectivity index is 1.88. The maximum Gasteiger partial charge on any atom is 0.234 e. The Labute approximate surface area is 187 Å². The van der Waals surface area contributed by atoms with Crippen molar-refractivity contribution in [2.45, 2.75) is 37.9 Å². The molecule has 2 aromatic rings. The van der Waals surface area contributed by atoms with Gasteiger partial charge in [-0.25, -0.2) is 0 Å². The van der Waals surface area contributed by atoms with E-state index in [1.54, 1.807) is 18.2 Å². The minimum Gasteiger partial charge on any atom is -0.494 e. The Bertz CT molecular complexity index is 961. The van der Waals surface area contributed by atoms with Gasteiger partial charge in [0.2, 0.25) is 11.6 Å². The van der Waals surface area contributed by atoms with Crippen LogP contribution in [0.4, 0.5) is 0 Å². The smallest absolute Gasteiger partial charge is 0.234 e. The van der Waals surface area contributed by atoms with E-state index in [2.05, 4.69) is 0 Å². The van der Waals surface area contributed by atoms with E-state index in [0.29, 0.717) is 29.2 Å². The van der Waals surface area contributed by atoms with Gasteiger partial charge in [-0.3, -0.25) is 18.7 Å². The first-order valence-electron chi connectivity index (χ1n) is 9.84. The standard InChI is InChI=1S/C22H25ClO7S/c1-3-29-16-8-5-13(6-9-16)11-15-12-14(7-10-17(15)23)21-19(25)18(24)20(26)22(30-21)31(27,28)4-2/h5-10,12,20-22,26-28H,3-4,11H2,1-2H3/t20-,21-,22+/m0/s1. The molecule has 1 aliphatic heterocycles. The van der Waals surface area contributed by atoms with Gasteiger partial charge in [-0.1, -0.05) is 35.9 Å². The summed E-state index contributed by atoms with van der Waals surface area (Å²) < 4.78 is 31.4. The molecule has 3 atom stereocenters. The molecule has 2 aromatic carbocycles. The number of halogens is 1. The minimum atomic E-state index is -3.43. The summed E-state index contributed by atoms with van der Waals surface area (Å²) in [7, 11) is -3.43. The van der Waals surface area contributed by atoms with Gasteiger partial charge in [0.05, 0.1) is 6.61 Å². The van der Waals surface area contributed by atoms with Crippen molar-refractivity contribution in [1.29, 1.82) is 0 Å². The molecule has 0 saturated carbocycles. The van der Waals surface area contributed by atoms with Crippen molar-refractivity contribution in [2.24, 2.45) is 0 Å². The molecule has 9 heteroatoms. The van der Waals surface area contributed by atoms with Crippen molar-refractivity contribution < 1.29 is 33.3 Å². The maximum atomic E-state index is 12.5. The molecule has 0 unspecified atom stereocenters. The topological polar surface area (TPSA) is 113 Å². The Hall–Kier alpha value is -1.94. The summed E-state index contributed by atoms with van der Waals surface area (Å²) in [6.45, 7) is 3.97. The van der Waals surface area contributed by atoms with Gasteiger partial charge < -0.3 is 14.6 Å². The van der Waals surface area contributed by atoms with E-state index < -0.39 is 39.8 Å². The first-order chi connectivity index (χ1) is 14.7. The molecule has 0 radical (unpaired) electrons. The fourth-order valence-electron chi connectivity index (χ4n) is 3.34. The van der Waals surface area contributed by atoms with Crippen LogP contribution in [0.5, 0.6) is 5.75 Å². The molecule has 3 N–H and O–H groups in total. The molecule has 1 heterocycles. The third kappa shape index (κ3) is 5.11. The number of aliphatic hydroxyl groups is 1. The summed E-state index contributed by atoms with van der Waals surface area (Å²) in [6.07, 6.45) is -2.80. The van der Waals surface area contributed by atoms with Crippen LogP contribution in [0.2, 0.25) is 5.02 Å². The van der Waals surface area contributed by atoms with Crippen LogP contribution in [0, 0.1) is 0 Å². The van der Waals surface area contributed by atoms with Gasteiger partial charge in [0.15, 0.2) is 17.6 Å². The summed E-state index contributed by atoms with van der Waals surface area (Å²) in [5, 5.41) is 10.5. The molecule has 1 saturated heterocycles. The van der Waals surface area contributed by atoms with Crippen LogP contribution in [0.15, 0.2) is 42.5 Å². The first-order valence-corrected chi connectivity index (χ1v) is 12.0. The average Bonchev–Trinajstić information content (AvgIpc) is 2.75. The molecule has 0 aliphatic carbocycles. The number of hydrogen-bond donors (Lipinski definition) is 3. The molecule has 0 aromatic heterocycles. The normalized spacial score (nSPS) is 22.5. The van der Waals surface area contributed by atoms with E-state index in [4.69, 9.17) is 21.1 Å². The van der Waals surface area contributed by atoms with E-state index in [-0.39, 0.29) is 5.75 Å². The van der Waals surface area contributed by atoms with E-state index in [1.807, 2.05) is 31.2 Å². The van der Waals surface area contributed by atoms with Crippen molar-refractivity contribution in [3.8, 4) is 5.75 Å². The summed E-state index contributed by atoms with van der Waals surface area (Å²) >= 11 is 6.34. The van der Waals surface area contributed by atoms with Gasteiger partial charge >= 0.3 is 0 Å². The third-order valence-electron chi connectivity index (χ3n) is 5.08. The van der Waals surface area contributed by atoms with Crippen molar-refractivity contribution in [2.75, 3.05) is 12.4 Å². The summed E-state index contributed by atoms with van der Waals surface area (Å²) in [5.41, 5.74) is 0.449. The lowest BCUT2D eigenvalue weighted by atomic mass is 9.94. The molecular formula is C22H25ClO7S. The van der Waals surface area contributed by atoms with Crippen molar-refractivity contribution in [3.63, 3.8) is 0 Å². The number of carbonyl (C=O) groups is 2. The van der Waals surface area contributed by atoms with Crippen LogP contribution in [0.1, 0.15) is 36.6 Å². The predicted molar refractivity (Wildman–Crippen MR) is 119 cm³/mol. The van der Waals surface area contributed by atoms with Gasteiger partial charge in [-0.15, -0.1) is 0 Å². The number of benzene rings is 2. The number of rotatable bonds is 7. The monoisotopic (exact) mass is 468 g/mol. The van der Waals surface area contributed by atoms with Gasteiger partial charge in [0.25, 0.3) is 0 Å². The third-order valence-corrected chi connectivity index (χ3v) is 7.41. The Kier molecular flexibility index (Phi) is 7.41. The van der Waals surface area contributed by atoms with Gasteiger partial charge in [0, 0.05) is 10.8 Å². The van der Waals surface area contributed by atoms with E-state index in [9.17, 15) is 23.8 Å². The van der Waals surface area contributed by atoms with Crippen LogP contribution < -0.4 is 4.74 Å². The second-order valence-corrected chi connectivity index (χ2v) is 10.1. The van der Waals surface area contributed by atoms with Crippen LogP contribution >= 0.6 is 22.2 Å². The average molecular weight is 469 g/mol. The maximum absolute atomic E-state index is 12.5. The number of aliphatic hydroxyl groups excluding tert-OH is 1. The van der Waals surface area contributed by atoms with Gasteiger partial charge in [-0.05, 0) is 55.2 Å². The lowest BCUT2D eigenvalue weighted by molar-refractivity contribution is -0.163. The largest absolute Gasteiger partial charge is 0.494 e. The zero-order valence-electron chi connectivity index (χ0n) is 17.2. The van der Waals surface area contributed by atoms with E-state index >= 15 is 0 Å². The summed E-state index contributed by atoms with van der Waals surface area (Å²) in [6, 6.07) is 12.3. The van der Waals surface area contributed by atoms with E-state index in [1.165, 1.54) is 6.92 Å². The Morgan fingerprint density at radius 1 is 1.06 bits per heavy atom. The van der Waals surface area contributed by atoms with Crippen LogP contribution in [-0.2, 0) is 20.7 Å². The minimum absolute atomic E-state index is 0.119. The fraction of sp³-hybridized carbons (Fsp3) is 0.364. The second kappa shape index (κ2) is 9.68. The number of Topliss-reactive ketones (excluding diaryl/α,β-unsaturated/α-hetero) is 2. The molecule has 0 amide bonds. The highest BCUT2D eigenvalue weighted by molar-refractivity contribution is 8.24. The van der Waals surface area contributed by atoms with Crippen molar-refractivity contribution in [1.82, 2.24) is 0 Å². The van der Waals surface area contributed by atoms with Crippen molar-refractivity contribution in [3.05, 3.63) is 64.2 Å². The van der Waals surface area contributed by atoms with Crippen LogP contribution in [0.3, 0.4) is 0 Å². The zero-order chi connectivity index (χ0) is 22.8. The Morgan fingerprint density at radius 3 is 2.35 bits per heavy atom. The zero-order valence-corrected chi connectivity index (χ0v) is 18.7. The molecule has 3 rings (SSSR count). The summed E-state index contributed by atoms with van der Waals surface area (Å²) in [4.78, 5) is 24.8. The van der Waals surface area contributed by atoms with Crippen LogP contribution in [-0.4, -0.2) is 49.7 Å². The predicted octanol–water partition coefficient (Wildman–Crippen LogP) is 4.00. The fourth-order valence-corrected chi connectivity index (χ4v) is 4.68. The highest BCUT2D eigenvalue weighted by Gasteiger charge is 2.48. The lowest BCUT2D eigenvalue weighted by Gasteiger charge is -2.44. The van der Waals surface area contributed by atoms with Crippen molar-refractivity contribution >= 4 is 33.8 Å². The number of ketones is 2. The lowest BCUT2D eigenvalue weighted by Crippen LogP contribution is -2.51. The number of ether oxygens (including phenoxy) is 2. The first kappa shape index (κ1) is 23.7. The second-order valence-electron chi connectivity index (χ2n) is 7.17.